The average molecular weight is 389 g/mol. The molecule has 1 aliphatic rings. The summed E-state index contributed by atoms with van der Waals surface area (Å²) >= 11 is 0. The Balaban J connectivity index is 1.41. The highest BCUT2D eigenvalue weighted by molar-refractivity contribution is 5.91. The van der Waals surface area contributed by atoms with Crippen LogP contribution in [0.4, 0.5) is 0 Å². The van der Waals surface area contributed by atoms with Gasteiger partial charge in [-0.1, -0.05) is 42.0 Å². The number of aryl methyl sites for hydroxylation is 2. The van der Waals surface area contributed by atoms with Gasteiger partial charge in [0, 0.05) is 19.2 Å². The van der Waals surface area contributed by atoms with Crippen LogP contribution in [-0.2, 0) is 11.2 Å². The predicted octanol–water partition coefficient (Wildman–Crippen LogP) is 4.78. The minimum atomic E-state index is 0.0364. The first-order valence-electron chi connectivity index (χ1n) is 10.3. The highest BCUT2D eigenvalue weighted by Crippen LogP contribution is 2.23. The van der Waals surface area contributed by atoms with Gasteiger partial charge in [-0.15, -0.1) is 0 Å². The Morgan fingerprint density at radius 1 is 1.14 bits per heavy atom. The molecule has 0 radical (unpaired) electrons. The van der Waals surface area contributed by atoms with Crippen LogP contribution in [0.5, 0.6) is 5.75 Å². The van der Waals surface area contributed by atoms with E-state index in [4.69, 9.17) is 10.00 Å². The highest BCUT2D eigenvalue weighted by Gasteiger charge is 2.21. The van der Waals surface area contributed by atoms with Crippen LogP contribution in [0.15, 0.2) is 54.6 Å². The fraction of sp³-hybridized carbons (Fsp3) is 0.360. The summed E-state index contributed by atoms with van der Waals surface area (Å²) in [6.07, 6.45) is 7.96. The number of nitrogens with zero attached hydrogens (tertiary/aromatic N) is 2. The third-order valence-corrected chi connectivity index (χ3v) is 5.49. The molecule has 0 aliphatic carbocycles. The van der Waals surface area contributed by atoms with Crippen LogP contribution in [0, 0.1) is 24.2 Å². The summed E-state index contributed by atoms with van der Waals surface area (Å²) in [5.74, 6) is 1.43. The maximum Gasteiger partial charge on any atom is 0.246 e. The molecule has 0 aromatic heterocycles. The number of nitriles is 1. The summed E-state index contributed by atoms with van der Waals surface area (Å²) in [7, 11) is 0. The van der Waals surface area contributed by atoms with Gasteiger partial charge in [0.2, 0.25) is 5.91 Å². The molecular weight excluding hydrogens is 360 g/mol. The van der Waals surface area contributed by atoms with Gasteiger partial charge in [-0.25, -0.2) is 0 Å². The lowest BCUT2D eigenvalue weighted by atomic mass is 9.90. The van der Waals surface area contributed by atoms with Gasteiger partial charge in [-0.2, -0.15) is 5.26 Å². The van der Waals surface area contributed by atoms with Gasteiger partial charge in [0.25, 0.3) is 0 Å². The van der Waals surface area contributed by atoms with E-state index < -0.39 is 0 Å². The van der Waals surface area contributed by atoms with Crippen LogP contribution >= 0.6 is 0 Å². The van der Waals surface area contributed by atoms with E-state index in [1.165, 1.54) is 17.5 Å². The van der Waals surface area contributed by atoms with Crippen LogP contribution in [0.2, 0.25) is 0 Å². The summed E-state index contributed by atoms with van der Waals surface area (Å²) in [6.45, 7) is 3.82. The third-order valence-electron chi connectivity index (χ3n) is 5.49. The summed E-state index contributed by atoms with van der Waals surface area (Å²) < 4.78 is 5.23. The summed E-state index contributed by atoms with van der Waals surface area (Å²) in [4.78, 5) is 14.4. The Bertz CT molecular complexity index is 855. The van der Waals surface area contributed by atoms with Crippen molar-refractivity contribution in [3.63, 3.8) is 0 Å². The van der Waals surface area contributed by atoms with Crippen molar-refractivity contribution in [3.05, 3.63) is 71.3 Å². The van der Waals surface area contributed by atoms with E-state index in [0.29, 0.717) is 11.7 Å². The van der Waals surface area contributed by atoms with Crippen LogP contribution in [0.3, 0.4) is 0 Å². The topological polar surface area (TPSA) is 53.3 Å². The molecule has 1 aliphatic heterocycles. The van der Waals surface area contributed by atoms with Crippen LogP contribution in [0.1, 0.15) is 36.0 Å². The number of carbonyl (C=O) groups excluding carboxylic acids is 1. The fourth-order valence-electron chi connectivity index (χ4n) is 3.63. The molecule has 0 atom stereocenters. The summed E-state index contributed by atoms with van der Waals surface area (Å²) in [5.41, 5.74) is 3.65. The Labute approximate surface area is 173 Å². The molecule has 1 saturated heterocycles. The molecule has 29 heavy (non-hydrogen) atoms. The number of rotatable bonds is 7. The SMILES string of the molecule is Cc1ccc(CCC2CCN(C(=O)/C=C/c3ccc(OCC#N)cc3)CC2)cc1. The first kappa shape index (κ1) is 20.7. The molecule has 0 spiro atoms. The van der Waals surface area contributed by atoms with Gasteiger partial charge < -0.3 is 9.64 Å². The largest absolute Gasteiger partial charge is 0.479 e. The lowest BCUT2D eigenvalue weighted by Gasteiger charge is -2.31. The zero-order valence-electron chi connectivity index (χ0n) is 17.0. The summed E-state index contributed by atoms with van der Waals surface area (Å²) in [5, 5.41) is 8.53. The van der Waals surface area contributed by atoms with Crippen molar-refractivity contribution in [2.75, 3.05) is 19.7 Å². The Hall–Kier alpha value is -3.06. The number of hydrogen-bond acceptors (Lipinski definition) is 3. The number of likely N-dealkylation sites (tertiary alicyclic amines) is 1. The molecule has 0 N–H and O–H groups in total. The van der Waals surface area contributed by atoms with E-state index >= 15 is 0 Å². The van der Waals surface area contributed by atoms with Crippen molar-refractivity contribution in [2.24, 2.45) is 5.92 Å². The molecule has 150 valence electrons. The van der Waals surface area contributed by atoms with Crippen LogP contribution < -0.4 is 4.74 Å². The maximum atomic E-state index is 12.5. The van der Waals surface area contributed by atoms with Gasteiger partial charge in [-0.05, 0) is 67.9 Å². The molecule has 2 aromatic rings. The van der Waals surface area contributed by atoms with Gasteiger partial charge in [0.15, 0.2) is 6.61 Å². The zero-order chi connectivity index (χ0) is 20.5. The number of benzene rings is 2. The Kier molecular flexibility index (Phi) is 7.47. The molecule has 1 amide bonds. The molecule has 2 aromatic carbocycles. The molecule has 4 heteroatoms. The monoisotopic (exact) mass is 388 g/mol. The molecule has 1 heterocycles. The standard InChI is InChI=1S/C25H28N2O2/c1-20-2-4-21(5-3-20)6-7-23-14-17-27(18-15-23)25(28)13-10-22-8-11-24(12-9-22)29-19-16-26/h2-5,8-13,23H,6-7,14-15,17-19H2,1H3/b13-10+. The quantitative estimate of drug-likeness (QED) is 0.641. The van der Waals surface area contributed by atoms with Crippen molar-refractivity contribution >= 4 is 12.0 Å². The van der Waals surface area contributed by atoms with E-state index in [-0.39, 0.29) is 12.5 Å². The van der Waals surface area contributed by atoms with Gasteiger partial charge in [0.05, 0.1) is 0 Å². The third kappa shape index (κ3) is 6.50. The Morgan fingerprint density at radius 3 is 2.48 bits per heavy atom. The minimum Gasteiger partial charge on any atom is -0.479 e. The number of ether oxygens (including phenoxy) is 1. The van der Waals surface area contributed by atoms with E-state index in [2.05, 4.69) is 31.2 Å². The van der Waals surface area contributed by atoms with E-state index in [9.17, 15) is 4.79 Å². The molecule has 1 fully saturated rings. The normalized spacial score (nSPS) is 14.7. The smallest absolute Gasteiger partial charge is 0.246 e. The van der Waals surface area contributed by atoms with Crippen molar-refractivity contribution in [1.82, 2.24) is 4.90 Å². The van der Waals surface area contributed by atoms with Crippen molar-refractivity contribution < 1.29 is 9.53 Å². The zero-order valence-corrected chi connectivity index (χ0v) is 17.0. The van der Waals surface area contributed by atoms with Gasteiger partial charge >= 0.3 is 0 Å². The second kappa shape index (κ2) is 10.5. The van der Waals surface area contributed by atoms with Crippen molar-refractivity contribution in [1.29, 1.82) is 5.26 Å². The van der Waals surface area contributed by atoms with Gasteiger partial charge in [0.1, 0.15) is 11.8 Å². The van der Waals surface area contributed by atoms with Crippen LogP contribution in [-0.4, -0.2) is 30.5 Å². The second-order valence-electron chi connectivity index (χ2n) is 7.64. The average Bonchev–Trinajstić information content (AvgIpc) is 2.76. The first-order chi connectivity index (χ1) is 14.1. The second-order valence-corrected chi connectivity index (χ2v) is 7.64. The lowest BCUT2D eigenvalue weighted by molar-refractivity contribution is -0.127. The molecular formula is C25H28N2O2. The minimum absolute atomic E-state index is 0.0364. The van der Waals surface area contributed by atoms with Crippen molar-refractivity contribution in [2.45, 2.75) is 32.6 Å². The van der Waals surface area contributed by atoms with E-state index in [0.717, 1.165) is 37.9 Å². The van der Waals surface area contributed by atoms with E-state index in [1.807, 2.05) is 29.2 Å². The maximum absolute atomic E-state index is 12.5. The molecule has 0 unspecified atom stereocenters. The molecule has 0 saturated carbocycles. The number of amides is 1. The number of piperidine rings is 1. The van der Waals surface area contributed by atoms with Gasteiger partial charge in [-0.3, -0.25) is 4.79 Å². The van der Waals surface area contributed by atoms with Crippen molar-refractivity contribution in [3.8, 4) is 11.8 Å². The fourth-order valence-corrected chi connectivity index (χ4v) is 3.63. The number of hydrogen-bond donors (Lipinski definition) is 0. The molecule has 3 rings (SSSR count). The Morgan fingerprint density at radius 2 is 1.83 bits per heavy atom. The molecule has 0 bridgehead atoms. The molecule has 4 nitrogen and oxygen atoms in total. The first-order valence-corrected chi connectivity index (χ1v) is 10.3. The predicted molar refractivity (Wildman–Crippen MR) is 115 cm³/mol. The number of carbonyl (C=O) groups is 1. The summed E-state index contributed by atoms with van der Waals surface area (Å²) in [6, 6.07) is 18.1. The highest BCUT2D eigenvalue weighted by atomic mass is 16.5. The van der Waals surface area contributed by atoms with E-state index in [1.54, 1.807) is 18.2 Å². The lowest BCUT2D eigenvalue weighted by Crippen LogP contribution is -2.37. The van der Waals surface area contributed by atoms with Crippen LogP contribution in [0.25, 0.3) is 6.08 Å².